The van der Waals surface area contributed by atoms with Crippen LogP contribution >= 0.6 is 0 Å². The number of rotatable bonds is 9. The minimum absolute atomic E-state index is 0.106. The van der Waals surface area contributed by atoms with Crippen molar-refractivity contribution in [1.29, 1.82) is 0 Å². The highest BCUT2D eigenvalue weighted by Crippen LogP contribution is 2.31. The predicted octanol–water partition coefficient (Wildman–Crippen LogP) is 6.03. The van der Waals surface area contributed by atoms with Crippen molar-refractivity contribution < 1.29 is 9.18 Å². The van der Waals surface area contributed by atoms with Gasteiger partial charge in [0.2, 0.25) is 5.91 Å². The largest absolute Gasteiger partial charge is 0.352 e. The number of unbranched alkanes of at least 4 members (excludes halogenated alkanes) is 1. The Morgan fingerprint density at radius 1 is 0.950 bits per heavy atom. The van der Waals surface area contributed by atoms with Crippen molar-refractivity contribution in [2.75, 3.05) is 31.1 Å². The first-order valence-electron chi connectivity index (χ1n) is 14.5. The Morgan fingerprint density at radius 2 is 1.65 bits per heavy atom. The van der Waals surface area contributed by atoms with Crippen molar-refractivity contribution in [3.8, 4) is 5.69 Å². The molecule has 0 N–H and O–H groups in total. The van der Waals surface area contributed by atoms with Crippen LogP contribution in [0.1, 0.15) is 62.2 Å². The number of hydrogen-bond donors (Lipinski definition) is 0. The van der Waals surface area contributed by atoms with Gasteiger partial charge in [0.1, 0.15) is 17.5 Å². The van der Waals surface area contributed by atoms with Gasteiger partial charge in [-0.2, -0.15) is 5.10 Å². The van der Waals surface area contributed by atoms with Gasteiger partial charge in [0.25, 0.3) is 0 Å². The summed E-state index contributed by atoms with van der Waals surface area (Å²) in [6.45, 7) is 11.1. The van der Waals surface area contributed by atoms with Gasteiger partial charge in [-0.3, -0.25) is 4.79 Å². The summed E-state index contributed by atoms with van der Waals surface area (Å²) < 4.78 is 15.5. The molecule has 7 nitrogen and oxygen atoms in total. The number of piperazine rings is 1. The van der Waals surface area contributed by atoms with Gasteiger partial charge in [0.05, 0.1) is 16.8 Å². The van der Waals surface area contributed by atoms with Crippen LogP contribution in [-0.2, 0) is 11.2 Å². The molecule has 1 aliphatic rings. The van der Waals surface area contributed by atoms with E-state index < -0.39 is 0 Å². The van der Waals surface area contributed by atoms with Crippen LogP contribution in [0.5, 0.6) is 0 Å². The molecule has 0 saturated carbocycles. The van der Waals surface area contributed by atoms with Gasteiger partial charge in [-0.1, -0.05) is 56.5 Å². The fraction of sp³-hybridized carbons (Fsp3) is 0.438. The molecule has 210 valence electrons. The molecule has 5 rings (SSSR count). The Bertz CT molecular complexity index is 1460. The Labute approximate surface area is 236 Å². The number of fused-ring (bicyclic) bond motifs is 1. The maximum Gasteiger partial charge on any atom is 0.225 e. The highest BCUT2D eigenvalue weighted by Gasteiger charge is 2.29. The molecule has 1 aliphatic heterocycles. The molecule has 3 heterocycles. The maximum absolute atomic E-state index is 13.7. The predicted molar refractivity (Wildman–Crippen MR) is 157 cm³/mol. The monoisotopic (exact) mass is 542 g/mol. The molecule has 2 aromatic heterocycles. The van der Waals surface area contributed by atoms with Crippen molar-refractivity contribution in [2.24, 2.45) is 5.92 Å². The summed E-state index contributed by atoms with van der Waals surface area (Å²) in [6.07, 6.45) is 4.63. The molecular formula is C32H39FN6O. The van der Waals surface area contributed by atoms with E-state index in [1.54, 1.807) is 16.8 Å². The lowest BCUT2D eigenvalue weighted by Crippen LogP contribution is -2.50. The van der Waals surface area contributed by atoms with Gasteiger partial charge in [-0.05, 0) is 56.5 Å². The van der Waals surface area contributed by atoms with E-state index in [9.17, 15) is 9.18 Å². The molecular weight excluding hydrogens is 503 g/mol. The second kappa shape index (κ2) is 12.1. The Balaban J connectivity index is 1.49. The number of aryl methyl sites for hydroxylation is 2. The number of benzene rings is 2. The zero-order chi connectivity index (χ0) is 28.2. The molecule has 4 aromatic rings. The molecule has 1 unspecified atom stereocenters. The van der Waals surface area contributed by atoms with Crippen molar-refractivity contribution in [2.45, 2.75) is 59.8 Å². The number of carbonyl (C=O) groups excluding carboxylic acids is 1. The number of anilines is 1. The zero-order valence-electron chi connectivity index (χ0n) is 24.0. The van der Waals surface area contributed by atoms with Crippen LogP contribution < -0.4 is 4.90 Å². The first-order valence-corrected chi connectivity index (χ1v) is 14.5. The van der Waals surface area contributed by atoms with E-state index in [1.165, 1.54) is 17.7 Å². The first kappa shape index (κ1) is 27.7. The standard InChI is InChI=1S/C32H39FN6O/c1-5-7-8-25(6-2)32(40)38-19-17-37(18-20-38)30-29-23(4)36-39(27-15-13-26(33)14-16-27)31(29)35-28(34-30)21-24-11-9-22(3)10-12-24/h9-16,25H,5-8,17-21H2,1-4H3. The second-order valence-electron chi connectivity index (χ2n) is 10.9. The lowest BCUT2D eigenvalue weighted by molar-refractivity contribution is -0.136. The van der Waals surface area contributed by atoms with Crippen molar-refractivity contribution >= 4 is 22.8 Å². The van der Waals surface area contributed by atoms with Gasteiger partial charge in [0, 0.05) is 38.5 Å². The molecule has 1 amide bonds. The van der Waals surface area contributed by atoms with Crippen molar-refractivity contribution in [3.05, 3.63) is 77.0 Å². The second-order valence-corrected chi connectivity index (χ2v) is 10.9. The molecule has 1 saturated heterocycles. The van der Waals surface area contributed by atoms with E-state index >= 15 is 0 Å². The molecule has 8 heteroatoms. The zero-order valence-corrected chi connectivity index (χ0v) is 24.0. The van der Waals surface area contributed by atoms with Crippen LogP contribution in [0.3, 0.4) is 0 Å². The Kier molecular flexibility index (Phi) is 8.43. The molecule has 2 aromatic carbocycles. The van der Waals surface area contributed by atoms with E-state index in [0.717, 1.165) is 53.8 Å². The third-order valence-electron chi connectivity index (χ3n) is 7.92. The molecule has 1 fully saturated rings. The normalized spacial score (nSPS) is 14.6. The molecule has 1 atom stereocenters. The lowest BCUT2D eigenvalue weighted by Gasteiger charge is -2.37. The molecule has 0 spiro atoms. The van der Waals surface area contributed by atoms with Crippen LogP contribution in [0.15, 0.2) is 48.5 Å². The van der Waals surface area contributed by atoms with Crippen molar-refractivity contribution in [3.63, 3.8) is 0 Å². The van der Waals surface area contributed by atoms with Gasteiger partial charge in [0.15, 0.2) is 5.65 Å². The summed E-state index contributed by atoms with van der Waals surface area (Å²) in [5, 5.41) is 5.71. The summed E-state index contributed by atoms with van der Waals surface area (Å²) in [5.74, 6) is 1.65. The van der Waals surface area contributed by atoms with Crippen LogP contribution in [0.2, 0.25) is 0 Å². The average Bonchev–Trinajstić information content (AvgIpc) is 3.30. The van der Waals surface area contributed by atoms with E-state index in [1.807, 2.05) is 11.8 Å². The van der Waals surface area contributed by atoms with E-state index in [0.29, 0.717) is 44.1 Å². The minimum atomic E-state index is -0.292. The van der Waals surface area contributed by atoms with E-state index in [2.05, 4.69) is 49.9 Å². The fourth-order valence-corrected chi connectivity index (χ4v) is 5.51. The number of nitrogens with zero attached hydrogens (tertiary/aromatic N) is 6. The van der Waals surface area contributed by atoms with Crippen molar-refractivity contribution in [1.82, 2.24) is 24.6 Å². The van der Waals surface area contributed by atoms with Gasteiger partial charge in [-0.15, -0.1) is 0 Å². The quantitative estimate of drug-likeness (QED) is 0.258. The Morgan fingerprint density at radius 3 is 2.30 bits per heavy atom. The summed E-state index contributed by atoms with van der Waals surface area (Å²) >= 11 is 0. The lowest BCUT2D eigenvalue weighted by atomic mass is 9.97. The molecule has 0 radical (unpaired) electrons. The maximum atomic E-state index is 13.7. The SMILES string of the molecule is CCCCC(CC)C(=O)N1CCN(c2nc(Cc3ccc(C)cc3)nc3c2c(C)nn3-c2ccc(F)cc2)CC1. The van der Waals surface area contributed by atoms with Crippen LogP contribution in [0.4, 0.5) is 10.2 Å². The van der Waals surface area contributed by atoms with Gasteiger partial charge in [-0.25, -0.2) is 19.0 Å². The molecule has 0 bridgehead atoms. The van der Waals surface area contributed by atoms with Gasteiger partial charge >= 0.3 is 0 Å². The van der Waals surface area contributed by atoms with E-state index in [4.69, 9.17) is 15.1 Å². The molecule has 40 heavy (non-hydrogen) atoms. The van der Waals surface area contributed by atoms with Crippen LogP contribution in [0.25, 0.3) is 16.7 Å². The topological polar surface area (TPSA) is 67.2 Å². The number of halogens is 1. The summed E-state index contributed by atoms with van der Waals surface area (Å²) in [7, 11) is 0. The van der Waals surface area contributed by atoms with Gasteiger partial charge < -0.3 is 9.80 Å². The van der Waals surface area contributed by atoms with Crippen LogP contribution in [0, 0.1) is 25.6 Å². The highest BCUT2D eigenvalue weighted by molar-refractivity contribution is 5.91. The number of amides is 1. The number of hydrogen-bond acceptors (Lipinski definition) is 5. The van der Waals surface area contributed by atoms with Crippen LogP contribution in [-0.4, -0.2) is 56.7 Å². The number of carbonyl (C=O) groups is 1. The summed E-state index contributed by atoms with van der Waals surface area (Å²) in [4.78, 5) is 27.6. The third kappa shape index (κ3) is 5.86. The fourth-order valence-electron chi connectivity index (χ4n) is 5.51. The smallest absolute Gasteiger partial charge is 0.225 e. The first-order chi connectivity index (χ1) is 19.4. The highest BCUT2D eigenvalue weighted by atomic mass is 19.1. The summed E-state index contributed by atoms with van der Waals surface area (Å²) in [5.41, 5.74) is 4.62. The number of aromatic nitrogens is 4. The Hall–Kier alpha value is -3.81. The molecule has 0 aliphatic carbocycles. The minimum Gasteiger partial charge on any atom is -0.352 e. The average molecular weight is 543 g/mol. The third-order valence-corrected chi connectivity index (χ3v) is 7.92. The van der Waals surface area contributed by atoms with E-state index in [-0.39, 0.29) is 17.6 Å². The summed E-state index contributed by atoms with van der Waals surface area (Å²) in [6, 6.07) is 14.7.